The van der Waals surface area contributed by atoms with E-state index in [-0.39, 0.29) is 35.3 Å². The van der Waals surface area contributed by atoms with E-state index < -0.39 is 15.9 Å². The molecule has 2 N–H and O–H groups in total. The smallest absolute Gasteiger partial charge is 0.272 e. The Labute approximate surface area is 219 Å². The number of anilines is 1. The summed E-state index contributed by atoms with van der Waals surface area (Å²) in [6.07, 6.45) is 0.0247. The highest BCUT2D eigenvalue weighted by atomic mass is 32.2. The zero-order valence-corrected chi connectivity index (χ0v) is 21.8. The summed E-state index contributed by atoms with van der Waals surface area (Å²) in [5, 5.41) is 3.42. The number of aromatic amines is 1. The average molecular weight is 537 g/mol. The summed E-state index contributed by atoms with van der Waals surface area (Å²) in [7, 11) is -3.71. The Balaban J connectivity index is 1.41. The number of nitrogens with zero attached hydrogens (tertiary/aromatic N) is 2. The molecule has 1 fully saturated rings. The van der Waals surface area contributed by atoms with Crippen LogP contribution >= 0.6 is 0 Å². The third kappa shape index (κ3) is 5.21. The second-order valence-electron chi connectivity index (χ2n) is 9.15. The van der Waals surface area contributed by atoms with E-state index in [2.05, 4.69) is 10.3 Å². The summed E-state index contributed by atoms with van der Waals surface area (Å²) in [5.74, 6) is 0.218. The quantitative estimate of drug-likeness (QED) is 0.373. The zero-order chi connectivity index (χ0) is 26.9. The number of carbonyl (C=O) groups is 1. The van der Waals surface area contributed by atoms with Crippen LogP contribution in [0.4, 0.5) is 5.69 Å². The summed E-state index contributed by atoms with van der Waals surface area (Å²) in [4.78, 5) is 29.0. The highest BCUT2D eigenvalue weighted by Crippen LogP contribution is 2.23. The van der Waals surface area contributed by atoms with Gasteiger partial charge in [0.05, 0.1) is 29.9 Å². The van der Waals surface area contributed by atoms with E-state index in [0.717, 1.165) is 0 Å². The Hall–Kier alpha value is -3.93. The molecule has 38 heavy (non-hydrogen) atoms. The summed E-state index contributed by atoms with van der Waals surface area (Å²) >= 11 is 0. The van der Waals surface area contributed by atoms with Crippen LogP contribution in [0, 0.1) is 0 Å². The lowest BCUT2D eigenvalue weighted by Gasteiger charge is -2.26. The van der Waals surface area contributed by atoms with Crippen LogP contribution in [0.3, 0.4) is 0 Å². The third-order valence-corrected chi connectivity index (χ3v) is 7.98. The monoisotopic (exact) mass is 536 g/mol. The van der Waals surface area contributed by atoms with Gasteiger partial charge in [-0.15, -0.1) is 0 Å². The SMILES string of the molecule is CC(C)Oc1ccc(-n2c(=O)ccc3cc(C(=O)Nc4cccc(S(=O)(=O)N5CCOCC5)c4)[nH]c32)cc1. The normalized spacial score (nSPS) is 14.6. The molecule has 0 aliphatic carbocycles. The number of hydrogen-bond donors (Lipinski definition) is 2. The number of aromatic nitrogens is 2. The van der Waals surface area contributed by atoms with Crippen LogP contribution in [0.25, 0.3) is 16.7 Å². The van der Waals surface area contributed by atoms with Crippen molar-refractivity contribution in [2.75, 3.05) is 31.6 Å². The van der Waals surface area contributed by atoms with E-state index in [9.17, 15) is 18.0 Å². The molecule has 0 atom stereocenters. The number of pyridine rings is 1. The van der Waals surface area contributed by atoms with Crippen LogP contribution in [0.2, 0.25) is 0 Å². The van der Waals surface area contributed by atoms with Gasteiger partial charge in [-0.25, -0.2) is 8.42 Å². The lowest BCUT2D eigenvalue weighted by molar-refractivity contribution is 0.0730. The minimum absolute atomic E-state index is 0.0247. The number of benzene rings is 2. The number of ether oxygens (including phenoxy) is 2. The van der Waals surface area contributed by atoms with Crippen molar-refractivity contribution in [3.05, 3.63) is 82.8 Å². The lowest BCUT2D eigenvalue weighted by Crippen LogP contribution is -2.40. The first-order valence-corrected chi connectivity index (χ1v) is 13.7. The molecule has 5 rings (SSSR count). The predicted molar refractivity (Wildman–Crippen MR) is 144 cm³/mol. The summed E-state index contributed by atoms with van der Waals surface area (Å²) < 4.78 is 39.8. The number of nitrogens with one attached hydrogen (secondary N) is 2. The molecular weight excluding hydrogens is 508 g/mol. The van der Waals surface area contributed by atoms with Gasteiger partial charge in [-0.2, -0.15) is 4.31 Å². The molecule has 10 nitrogen and oxygen atoms in total. The molecule has 1 aliphatic heterocycles. The van der Waals surface area contributed by atoms with Gasteiger partial charge in [0.15, 0.2) is 0 Å². The number of morpholine rings is 1. The third-order valence-electron chi connectivity index (χ3n) is 6.09. The molecule has 1 amide bonds. The van der Waals surface area contributed by atoms with Crippen LogP contribution in [-0.4, -0.2) is 60.6 Å². The van der Waals surface area contributed by atoms with E-state index in [1.54, 1.807) is 48.5 Å². The van der Waals surface area contributed by atoms with Gasteiger partial charge in [-0.1, -0.05) is 6.07 Å². The first-order valence-electron chi connectivity index (χ1n) is 12.2. The Morgan fingerprint density at radius 3 is 2.47 bits per heavy atom. The minimum Gasteiger partial charge on any atom is -0.491 e. The maximum atomic E-state index is 13.1. The van der Waals surface area contributed by atoms with E-state index in [1.807, 2.05) is 13.8 Å². The molecule has 2 aromatic carbocycles. The number of H-pyrrole nitrogens is 1. The standard InChI is InChI=1S/C27H28N4O6S/c1-18(2)37-22-9-7-21(8-10-22)31-25(32)11-6-19-16-24(29-26(19)31)27(33)28-20-4-3-5-23(17-20)38(34,35)30-12-14-36-15-13-30/h3-11,16-18,29H,12-15H2,1-2H3,(H,28,33). The first-order chi connectivity index (χ1) is 18.2. The molecule has 0 saturated carbocycles. The number of sulfonamides is 1. The van der Waals surface area contributed by atoms with E-state index in [4.69, 9.17) is 9.47 Å². The second-order valence-corrected chi connectivity index (χ2v) is 11.1. The molecule has 0 radical (unpaired) electrons. The molecule has 198 valence electrons. The molecule has 11 heteroatoms. The Bertz CT molecular complexity index is 1630. The molecular formula is C27H28N4O6S. The number of carbonyl (C=O) groups excluding carboxylic acids is 1. The number of amides is 1. The fraction of sp³-hybridized carbons (Fsp3) is 0.259. The zero-order valence-electron chi connectivity index (χ0n) is 21.0. The minimum atomic E-state index is -3.71. The number of hydrogen-bond acceptors (Lipinski definition) is 6. The van der Waals surface area contributed by atoms with Crippen LogP contribution in [-0.2, 0) is 14.8 Å². The van der Waals surface area contributed by atoms with Crippen LogP contribution in [0.1, 0.15) is 24.3 Å². The van der Waals surface area contributed by atoms with Crippen molar-refractivity contribution in [3.8, 4) is 11.4 Å². The Morgan fingerprint density at radius 2 is 1.76 bits per heavy atom. The van der Waals surface area contributed by atoms with Crippen molar-refractivity contribution in [1.29, 1.82) is 0 Å². The summed E-state index contributed by atoms with van der Waals surface area (Å²) in [6.45, 7) is 5.12. The largest absolute Gasteiger partial charge is 0.491 e. The van der Waals surface area contributed by atoms with Crippen molar-refractivity contribution in [1.82, 2.24) is 13.9 Å². The molecule has 1 aliphatic rings. The molecule has 2 aromatic heterocycles. The van der Waals surface area contributed by atoms with Gasteiger partial charge in [0.2, 0.25) is 10.0 Å². The highest BCUT2D eigenvalue weighted by Gasteiger charge is 2.26. The molecule has 1 saturated heterocycles. The van der Waals surface area contributed by atoms with Gasteiger partial charge >= 0.3 is 0 Å². The van der Waals surface area contributed by atoms with Crippen molar-refractivity contribution in [2.24, 2.45) is 0 Å². The second kappa shape index (κ2) is 10.4. The van der Waals surface area contributed by atoms with Gasteiger partial charge in [0, 0.05) is 30.2 Å². The average Bonchev–Trinajstić information content (AvgIpc) is 3.34. The van der Waals surface area contributed by atoms with Gasteiger partial charge in [-0.05, 0) is 68.4 Å². The maximum Gasteiger partial charge on any atom is 0.272 e. The summed E-state index contributed by atoms with van der Waals surface area (Å²) in [5.41, 5.74) is 1.38. The molecule has 4 aromatic rings. The van der Waals surface area contributed by atoms with Crippen LogP contribution in [0.5, 0.6) is 5.75 Å². The van der Waals surface area contributed by atoms with Crippen molar-refractivity contribution >= 4 is 32.7 Å². The van der Waals surface area contributed by atoms with E-state index in [1.165, 1.54) is 27.1 Å². The van der Waals surface area contributed by atoms with Gasteiger partial charge in [0.25, 0.3) is 11.5 Å². The van der Waals surface area contributed by atoms with Crippen molar-refractivity contribution in [2.45, 2.75) is 24.8 Å². The Kier molecular flexibility index (Phi) is 7.06. The topological polar surface area (TPSA) is 123 Å². The lowest BCUT2D eigenvalue weighted by atomic mass is 10.2. The summed E-state index contributed by atoms with van der Waals surface area (Å²) in [6, 6.07) is 18.0. The van der Waals surface area contributed by atoms with Crippen molar-refractivity contribution < 1.29 is 22.7 Å². The highest BCUT2D eigenvalue weighted by molar-refractivity contribution is 7.89. The van der Waals surface area contributed by atoms with Gasteiger partial charge in [-0.3, -0.25) is 14.2 Å². The molecule has 0 unspecified atom stereocenters. The van der Waals surface area contributed by atoms with Gasteiger partial charge in [0.1, 0.15) is 17.1 Å². The number of fused-ring (bicyclic) bond motifs is 1. The molecule has 0 spiro atoms. The fourth-order valence-corrected chi connectivity index (χ4v) is 5.77. The first kappa shape index (κ1) is 25.7. The Morgan fingerprint density at radius 1 is 1.03 bits per heavy atom. The van der Waals surface area contributed by atoms with Crippen LogP contribution in [0.15, 0.2) is 76.4 Å². The number of rotatable bonds is 7. The van der Waals surface area contributed by atoms with E-state index in [0.29, 0.717) is 41.4 Å². The molecule has 3 heterocycles. The van der Waals surface area contributed by atoms with E-state index >= 15 is 0 Å². The fourth-order valence-electron chi connectivity index (χ4n) is 4.31. The molecule has 0 bridgehead atoms. The van der Waals surface area contributed by atoms with Crippen molar-refractivity contribution in [3.63, 3.8) is 0 Å². The maximum absolute atomic E-state index is 13.1. The van der Waals surface area contributed by atoms with Crippen LogP contribution < -0.4 is 15.6 Å². The predicted octanol–water partition coefficient (Wildman–Crippen LogP) is 3.38. The van der Waals surface area contributed by atoms with Gasteiger partial charge < -0.3 is 19.8 Å².